The molecule has 6 rings (SSSR count). The van der Waals surface area contributed by atoms with E-state index >= 15 is 0 Å². The Labute approximate surface area is 211 Å². The summed E-state index contributed by atoms with van der Waals surface area (Å²) >= 11 is 0. The number of rotatable bonds is 3. The van der Waals surface area contributed by atoms with Crippen LogP contribution < -0.4 is 10.2 Å². The molecule has 3 aliphatic rings. The predicted molar refractivity (Wildman–Crippen MR) is 137 cm³/mol. The molecule has 0 saturated carbocycles. The van der Waals surface area contributed by atoms with E-state index in [-0.39, 0.29) is 6.10 Å². The first-order valence-electron chi connectivity index (χ1n) is 12.5. The van der Waals surface area contributed by atoms with Crippen molar-refractivity contribution in [2.75, 3.05) is 18.0 Å². The average molecular weight is 477 g/mol. The molecule has 2 fully saturated rings. The van der Waals surface area contributed by atoms with Gasteiger partial charge in [0.05, 0.1) is 29.3 Å². The monoisotopic (exact) mass is 476 g/mol. The molecular formula is C30H28N4O2. The number of benzene rings is 3. The molecule has 0 aromatic heterocycles. The van der Waals surface area contributed by atoms with Crippen molar-refractivity contribution >= 4 is 11.4 Å². The summed E-state index contributed by atoms with van der Waals surface area (Å²) in [6.07, 6.45) is 0.363. The van der Waals surface area contributed by atoms with Crippen molar-refractivity contribution in [3.63, 3.8) is 0 Å². The lowest BCUT2D eigenvalue weighted by atomic mass is 9.89. The van der Waals surface area contributed by atoms with E-state index in [1.807, 2.05) is 13.8 Å². The van der Waals surface area contributed by atoms with Crippen LogP contribution in [0.15, 0.2) is 66.7 Å². The number of nitriles is 2. The van der Waals surface area contributed by atoms with Gasteiger partial charge in [-0.1, -0.05) is 30.3 Å². The molecule has 3 aromatic carbocycles. The Hall–Kier alpha value is -3.68. The summed E-state index contributed by atoms with van der Waals surface area (Å²) in [6, 6.07) is 27.2. The second kappa shape index (κ2) is 8.76. The minimum absolute atomic E-state index is 0.357. The zero-order chi connectivity index (χ0) is 24.9. The number of anilines is 2. The molecular weight excluding hydrogens is 448 g/mol. The van der Waals surface area contributed by atoms with Crippen LogP contribution in [0.3, 0.4) is 0 Å². The summed E-state index contributed by atoms with van der Waals surface area (Å²) in [5.74, 6) is -0.251. The Bertz CT molecular complexity index is 1350. The number of ether oxygens (including phenoxy) is 2. The minimum atomic E-state index is -0.793. The third-order valence-electron chi connectivity index (χ3n) is 7.52. The summed E-state index contributed by atoms with van der Waals surface area (Å²) in [5.41, 5.74) is 6.55. The van der Waals surface area contributed by atoms with Crippen molar-refractivity contribution in [2.24, 2.45) is 0 Å². The Balaban J connectivity index is 1.34. The van der Waals surface area contributed by atoms with Crippen LogP contribution in [0.2, 0.25) is 0 Å². The third-order valence-corrected chi connectivity index (χ3v) is 7.52. The standard InChI is InChI=1S/C30H28N4O2/c1-30(2)35-28(29(36-30)22-14-19(16-31)13-20(15-22)17-32)21-7-9-23(10-8-21)34-26-6-4-3-5-24(26)25-11-12-33-18-27(25)34/h3-10,13-15,25,27-29,33H,11-12,18H2,1-2H3/t25?,27?,28-,29-/m1/s1. The highest BCUT2D eigenvalue weighted by molar-refractivity contribution is 5.73. The van der Waals surface area contributed by atoms with Crippen molar-refractivity contribution in [1.82, 2.24) is 5.32 Å². The molecule has 0 spiro atoms. The molecule has 2 saturated heterocycles. The first kappa shape index (κ1) is 22.8. The fourth-order valence-electron chi connectivity index (χ4n) is 6.02. The molecule has 2 unspecified atom stereocenters. The van der Waals surface area contributed by atoms with E-state index in [1.54, 1.807) is 18.2 Å². The highest BCUT2D eigenvalue weighted by atomic mass is 16.7. The zero-order valence-electron chi connectivity index (χ0n) is 20.4. The van der Waals surface area contributed by atoms with Crippen LogP contribution in [-0.2, 0) is 9.47 Å². The maximum absolute atomic E-state index is 9.46. The Morgan fingerprint density at radius 3 is 2.25 bits per heavy atom. The van der Waals surface area contributed by atoms with Crippen LogP contribution >= 0.6 is 0 Å². The van der Waals surface area contributed by atoms with E-state index < -0.39 is 11.9 Å². The van der Waals surface area contributed by atoms with Crippen LogP contribution in [0, 0.1) is 22.7 Å². The summed E-state index contributed by atoms with van der Waals surface area (Å²) in [6.45, 7) is 5.81. The van der Waals surface area contributed by atoms with Gasteiger partial charge in [-0.15, -0.1) is 0 Å². The van der Waals surface area contributed by atoms with Gasteiger partial charge >= 0.3 is 0 Å². The highest BCUT2D eigenvalue weighted by Gasteiger charge is 2.44. The van der Waals surface area contributed by atoms with Gasteiger partial charge in [0.1, 0.15) is 12.2 Å². The van der Waals surface area contributed by atoms with E-state index in [1.165, 1.54) is 11.3 Å². The summed E-state index contributed by atoms with van der Waals surface area (Å²) in [4.78, 5) is 2.47. The Kier molecular flexibility index (Phi) is 5.54. The van der Waals surface area contributed by atoms with Crippen LogP contribution in [0.4, 0.5) is 11.4 Å². The fourth-order valence-corrected chi connectivity index (χ4v) is 6.02. The van der Waals surface area contributed by atoms with Gasteiger partial charge in [-0.2, -0.15) is 10.5 Å². The molecule has 0 aliphatic carbocycles. The zero-order valence-corrected chi connectivity index (χ0v) is 20.4. The van der Waals surface area contributed by atoms with E-state index in [2.05, 4.69) is 70.9 Å². The number of piperidine rings is 1. The second-order valence-electron chi connectivity index (χ2n) is 10.2. The Morgan fingerprint density at radius 1 is 0.889 bits per heavy atom. The van der Waals surface area contributed by atoms with Crippen molar-refractivity contribution < 1.29 is 9.47 Å². The number of hydrogen-bond donors (Lipinski definition) is 1. The number of nitrogens with zero attached hydrogens (tertiary/aromatic N) is 3. The van der Waals surface area contributed by atoms with Gasteiger partial charge in [0.15, 0.2) is 5.79 Å². The van der Waals surface area contributed by atoms with Crippen LogP contribution in [0.5, 0.6) is 0 Å². The van der Waals surface area contributed by atoms with Crippen molar-refractivity contribution in [3.8, 4) is 12.1 Å². The molecule has 3 heterocycles. The first-order chi connectivity index (χ1) is 17.5. The van der Waals surface area contributed by atoms with Gasteiger partial charge in [-0.25, -0.2) is 0 Å². The quantitative estimate of drug-likeness (QED) is 0.531. The second-order valence-corrected chi connectivity index (χ2v) is 10.2. The lowest BCUT2D eigenvalue weighted by molar-refractivity contribution is -0.147. The molecule has 4 atom stereocenters. The minimum Gasteiger partial charge on any atom is -0.339 e. The molecule has 3 aromatic rings. The normalized spacial score (nSPS) is 26.1. The summed E-state index contributed by atoms with van der Waals surface area (Å²) in [5, 5.41) is 22.5. The van der Waals surface area contributed by atoms with Crippen molar-refractivity contribution in [1.29, 1.82) is 10.5 Å². The molecule has 36 heavy (non-hydrogen) atoms. The van der Waals surface area contributed by atoms with Gasteiger partial charge in [0.25, 0.3) is 0 Å². The largest absolute Gasteiger partial charge is 0.339 e. The molecule has 0 amide bonds. The van der Waals surface area contributed by atoms with E-state index in [0.29, 0.717) is 23.1 Å². The van der Waals surface area contributed by atoms with Crippen LogP contribution in [0.1, 0.15) is 66.2 Å². The van der Waals surface area contributed by atoms with E-state index in [4.69, 9.17) is 9.47 Å². The number of nitrogens with one attached hydrogen (secondary N) is 1. The molecule has 180 valence electrons. The van der Waals surface area contributed by atoms with Crippen LogP contribution in [-0.4, -0.2) is 24.9 Å². The molecule has 1 N–H and O–H groups in total. The molecule has 6 heteroatoms. The molecule has 0 bridgehead atoms. The number of hydrogen-bond acceptors (Lipinski definition) is 6. The fraction of sp³-hybridized carbons (Fsp3) is 0.333. The average Bonchev–Trinajstić information content (AvgIpc) is 3.42. The van der Waals surface area contributed by atoms with Crippen molar-refractivity contribution in [3.05, 3.63) is 94.5 Å². The number of fused-ring (bicyclic) bond motifs is 3. The lowest BCUT2D eigenvalue weighted by Gasteiger charge is -2.34. The molecule has 3 aliphatic heterocycles. The SMILES string of the molecule is CC1(C)O[C@H](c2ccc(N3c4ccccc4C4CCNCC43)cc2)[C@@H](c2cc(C#N)cc(C#N)c2)O1. The van der Waals surface area contributed by atoms with Gasteiger partial charge in [0, 0.05) is 23.8 Å². The van der Waals surface area contributed by atoms with E-state index in [9.17, 15) is 10.5 Å². The lowest BCUT2D eigenvalue weighted by Crippen LogP contribution is -2.44. The first-order valence-corrected chi connectivity index (χ1v) is 12.5. The van der Waals surface area contributed by atoms with Crippen molar-refractivity contribution in [2.45, 2.75) is 50.2 Å². The van der Waals surface area contributed by atoms with Gasteiger partial charge < -0.3 is 19.7 Å². The van der Waals surface area contributed by atoms with E-state index in [0.717, 1.165) is 36.3 Å². The maximum atomic E-state index is 9.46. The van der Waals surface area contributed by atoms with Gasteiger partial charge in [0.2, 0.25) is 0 Å². The summed E-state index contributed by atoms with van der Waals surface area (Å²) < 4.78 is 12.6. The Morgan fingerprint density at radius 2 is 1.56 bits per heavy atom. The third kappa shape index (κ3) is 3.85. The molecule has 0 radical (unpaired) electrons. The van der Waals surface area contributed by atoms with Gasteiger partial charge in [-0.05, 0) is 79.9 Å². The highest BCUT2D eigenvalue weighted by Crippen LogP contribution is 2.50. The van der Waals surface area contributed by atoms with Crippen LogP contribution in [0.25, 0.3) is 0 Å². The smallest absolute Gasteiger partial charge is 0.164 e. The molecule has 6 nitrogen and oxygen atoms in total. The summed E-state index contributed by atoms with van der Waals surface area (Å²) in [7, 11) is 0. The topological polar surface area (TPSA) is 81.3 Å². The maximum Gasteiger partial charge on any atom is 0.164 e. The number of para-hydroxylation sites is 1. The van der Waals surface area contributed by atoms with Gasteiger partial charge in [-0.3, -0.25) is 0 Å². The predicted octanol–water partition coefficient (Wildman–Crippen LogP) is 5.59.